The molecule has 29 heavy (non-hydrogen) atoms. The third-order valence-electron chi connectivity index (χ3n) is 5.23. The van der Waals surface area contributed by atoms with E-state index >= 15 is 0 Å². The second kappa shape index (κ2) is 8.30. The fourth-order valence-electron chi connectivity index (χ4n) is 3.69. The molecule has 0 unspecified atom stereocenters. The van der Waals surface area contributed by atoms with Crippen LogP contribution in [0.3, 0.4) is 0 Å². The van der Waals surface area contributed by atoms with E-state index in [0.717, 1.165) is 62.1 Å². The number of rotatable bonds is 6. The van der Waals surface area contributed by atoms with E-state index in [-0.39, 0.29) is 5.56 Å². The van der Waals surface area contributed by atoms with Crippen molar-refractivity contribution in [2.24, 2.45) is 0 Å². The fraction of sp³-hybridized carbons (Fsp3) is 0.500. The zero-order chi connectivity index (χ0) is 20.4. The van der Waals surface area contributed by atoms with Crippen molar-refractivity contribution >= 4 is 0 Å². The molecular formula is C20H27N7O2. The molecule has 4 heterocycles. The van der Waals surface area contributed by atoms with Crippen molar-refractivity contribution in [1.82, 2.24) is 34.5 Å². The lowest BCUT2D eigenvalue weighted by atomic mass is 10.3. The molecule has 1 aliphatic heterocycles. The van der Waals surface area contributed by atoms with Gasteiger partial charge in [-0.1, -0.05) is 5.16 Å². The Kier molecular flexibility index (Phi) is 5.59. The van der Waals surface area contributed by atoms with E-state index in [1.165, 1.54) is 4.68 Å². The lowest BCUT2D eigenvalue weighted by Crippen LogP contribution is -2.47. The van der Waals surface area contributed by atoms with E-state index in [4.69, 9.17) is 4.52 Å². The molecule has 0 radical (unpaired) electrons. The Morgan fingerprint density at radius 2 is 1.69 bits per heavy atom. The van der Waals surface area contributed by atoms with Crippen molar-refractivity contribution in [3.05, 3.63) is 57.5 Å². The van der Waals surface area contributed by atoms with Crippen LogP contribution in [-0.2, 0) is 13.1 Å². The van der Waals surface area contributed by atoms with Gasteiger partial charge in [0.2, 0.25) is 0 Å². The molecule has 0 aromatic carbocycles. The molecule has 3 aromatic heterocycles. The quantitative estimate of drug-likeness (QED) is 0.617. The summed E-state index contributed by atoms with van der Waals surface area (Å²) in [7, 11) is 0. The highest BCUT2D eigenvalue weighted by Crippen LogP contribution is 2.10. The Balaban J connectivity index is 1.33. The number of piperazine rings is 1. The van der Waals surface area contributed by atoms with Crippen LogP contribution in [0.5, 0.6) is 0 Å². The second-order valence-electron chi connectivity index (χ2n) is 7.64. The van der Waals surface area contributed by atoms with Crippen LogP contribution in [0.15, 0.2) is 33.6 Å². The van der Waals surface area contributed by atoms with Gasteiger partial charge in [-0.15, -0.1) is 5.10 Å². The monoisotopic (exact) mass is 397 g/mol. The average Bonchev–Trinajstić information content (AvgIpc) is 3.26. The third-order valence-corrected chi connectivity index (χ3v) is 5.23. The van der Waals surface area contributed by atoms with E-state index in [1.807, 2.05) is 32.9 Å². The second-order valence-corrected chi connectivity index (χ2v) is 7.64. The first-order valence-electron chi connectivity index (χ1n) is 9.96. The number of aromatic nitrogens is 5. The lowest BCUT2D eigenvalue weighted by molar-refractivity contribution is 0.114. The normalized spacial score (nSPS) is 15.8. The number of aryl methyl sites for hydroxylation is 3. The Hall–Kier alpha value is -2.78. The van der Waals surface area contributed by atoms with Gasteiger partial charge in [-0.05, 0) is 32.9 Å². The zero-order valence-corrected chi connectivity index (χ0v) is 17.2. The average molecular weight is 397 g/mol. The molecule has 0 spiro atoms. The summed E-state index contributed by atoms with van der Waals surface area (Å²) in [6.45, 7) is 11.9. The van der Waals surface area contributed by atoms with Crippen LogP contribution in [0.1, 0.15) is 22.8 Å². The fourth-order valence-corrected chi connectivity index (χ4v) is 3.69. The van der Waals surface area contributed by atoms with Crippen LogP contribution >= 0.6 is 0 Å². The van der Waals surface area contributed by atoms with Crippen molar-refractivity contribution in [2.75, 3.05) is 32.7 Å². The van der Waals surface area contributed by atoms with Gasteiger partial charge in [0.1, 0.15) is 0 Å². The first kappa shape index (κ1) is 19.5. The zero-order valence-electron chi connectivity index (χ0n) is 17.2. The molecule has 9 nitrogen and oxygen atoms in total. The topological polar surface area (TPSA) is 85.2 Å². The predicted molar refractivity (Wildman–Crippen MR) is 108 cm³/mol. The van der Waals surface area contributed by atoms with Crippen LogP contribution < -0.4 is 5.56 Å². The van der Waals surface area contributed by atoms with E-state index in [1.54, 1.807) is 16.8 Å². The third kappa shape index (κ3) is 4.63. The van der Waals surface area contributed by atoms with Crippen molar-refractivity contribution in [3.8, 4) is 5.82 Å². The SMILES string of the molecule is Cc1cc(CN2CCN(CCn3nc(-n4nc(C)cc4C)ccc3=O)CC2)on1. The maximum atomic E-state index is 12.3. The van der Waals surface area contributed by atoms with Gasteiger partial charge >= 0.3 is 0 Å². The molecule has 154 valence electrons. The highest BCUT2D eigenvalue weighted by Gasteiger charge is 2.18. The summed E-state index contributed by atoms with van der Waals surface area (Å²) in [5.74, 6) is 1.58. The van der Waals surface area contributed by atoms with Gasteiger partial charge in [0.25, 0.3) is 5.56 Å². The van der Waals surface area contributed by atoms with Crippen LogP contribution in [0.25, 0.3) is 5.82 Å². The Morgan fingerprint density at radius 3 is 2.34 bits per heavy atom. The molecule has 9 heteroatoms. The molecule has 0 saturated carbocycles. The molecule has 0 atom stereocenters. The molecule has 1 fully saturated rings. The number of nitrogens with zero attached hydrogens (tertiary/aromatic N) is 7. The van der Waals surface area contributed by atoms with E-state index in [0.29, 0.717) is 12.4 Å². The molecule has 0 bridgehead atoms. The van der Waals surface area contributed by atoms with Crippen LogP contribution in [-0.4, -0.2) is 67.2 Å². The van der Waals surface area contributed by atoms with Crippen molar-refractivity contribution in [2.45, 2.75) is 33.9 Å². The van der Waals surface area contributed by atoms with Gasteiger partial charge in [0.15, 0.2) is 11.6 Å². The number of hydrogen-bond donors (Lipinski definition) is 0. The van der Waals surface area contributed by atoms with Crippen molar-refractivity contribution in [3.63, 3.8) is 0 Å². The van der Waals surface area contributed by atoms with Crippen molar-refractivity contribution < 1.29 is 4.52 Å². The maximum absolute atomic E-state index is 12.3. The van der Waals surface area contributed by atoms with Gasteiger partial charge in [-0.25, -0.2) is 9.36 Å². The molecule has 0 amide bonds. The smallest absolute Gasteiger partial charge is 0.266 e. The molecular weight excluding hydrogens is 370 g/mol. The van der Waals surface area contributed by atoms with E-state index in [2.05, 4.69) is 25.2 Å². The first-order chi connectivity index (χ1) is 14.0. The summed E-state index contributed by atoms with van der Waals surface area (Å²) >= 11 is 0. The summed E-state index contributed by atoms with van der Waals surface area (Å²) < 4.78 is 8.62. The minimum absolute atomic E-state index is 0.0883. The predicted octanol–water partition coefficient (Wildman–Crippen LogP) is 1.16. The van der Waals surface area contributed by atoms with Gasteiger partial charge in [-0.3, -0.25) is 14.6 Å². The highest BCUT2D eigenvalue weighted by atomic mass is 16.5. The minimum Gasteiger partial charge on any atom is -0.360 e. The molecule has 1 aliphatic rings. The Labute approximate surface area is 169 Å². The Morgan fingerprint density at radius 1 is 0.931 bits per heavy atom. The summed E-state index contributed by atoms with van der Waals surface area (Å²) in [6.07, 6.45) is 0. The lowest BCUT2D eigenvalue weighted by Gasteiger charge is -2.34. The van der Waals surface area contributed by atoms with Gasteiger partial charge in [0, 0.05) is 50.6 Å². The van der Waals surface area contributed by atoms with Gasteiger partial charge < -0.3 is 4.52 Å². The van der Waals surface area contributed by atoms with Crippen LogP contribution in [0, 0.1) is 20.8 Å². The van der Waals surface area contributed by atoms with Crippen molar-refractivity contribution in [1.29, 1.82) is 0 Å². The summed E-state index contributed by atoms with van der Waals surface area (Å²) in [4.78, 5) is 17.0. The number of hydrogen-bond acceptors (Lipinski definition) is 7. The maximum Gasteiger partial charge on any atom is 0.266 e. The molecule has 1 saturated heterocycles. The highest BCUT2D eigenvalue weighted by molar-refractivity contribution is 5.23. The molecule has 3 aromatic rings. The largest absolute Gasteiger partial charge is 0.360 e. The van der Waals surface area contributed by atoms with Gasteiger partial charge in [-0.2, -0.15) is 5.10 Å². The van der Waals surface area contributed by atoms with E-state index in [9.17, 15) is 4.79 Å². The molecule has 0 N–H and O–H groups in total. The summed E-state index contributed by atoms with van der Waals surface area (Å²) in [5, 5.41) is 12.9. The minimum atomic E-state index is -0.0883. The van der Waals surface area contributed by atoms with E-state index < -0.39 is 0 Å². The van der Waals surface area contributed by atoms with Gasteiger partial charge in [0.05, 0.1) is 24.5 Å². The first-order valence-corrected chi connectivity index (χ1v) is 9.96. The van der Waals surface area contributed by atoms with Crippen LogP contribution in [0.4, 0.5) is 0 Å². The standard InChI is InChI=1S/C20H27N7O2/c1-15-12-17(3)27(21-15)19-4-5-20(28)26(22-19)11-10-24-6-8-25(9-7-24)14-18-13-16(2)23-29-18/h4-5,12-13H,6-11,14H2,1-3H3. The Bertz CT molecular complexity index is 1030. The summed E-state index contributed by atoms with van der Waals surface area (Å²) in [5.41, 5.74) is 2.76. The molecule has 4 rings (SSSR count). The van der Waals surface area contributed by atoms with Crippen LogP contribution in [0.2, 0.25) is 0 Å². The summed E-state index contributed by atoms with van der Waals surface area (Å²) in [6, 6.07) is 7.27. The molecule has 0 aliphatic carbocycles.